The zero-order chi connectivity index (χ0) is 23.0. The monoisotopic (exact) mass is 445 g/mol. The molecule has 1 rings (SSSR count). The van der Waals surface area contributed by atoms with E-state index in [-0.39, 0.29) is 5.91 Å². The van der Waals surface area contributed by atoms with Crippen molar-refractivity contribution in [2.45, 2.75) is 142 Å². The predicted molar refractivity (Wildman–Crippen MR) is 138 cm³/mol. The lowest BCUT2D eigenvalue weighted by molar-refractivity contribution is -0.684. The van der Waals surface area contributed by atoms with Gasteiger partial charge in [-0.1, -0.05) is 135 Å². The standard InChI is InChI=1S/C29H52N2O/c1-2-3-4-5-6-7-8-9-10-11-12-13-14-15-16-17-18-19-20-22-25-30-29(32)28-31-26-23-21-24-27-31/h21,23-24,26-27H,2-20,22,25,28H2,1H3/p+1. The summed E-state index contributed by atoms with van der Waals surface area (Å²) >= 11 is 0. The van der Waals surface area contributed by atoms with Crippen LogP contribution in [0.15, 0.2) is 30.6 Å². The number of amides is 1. The van der Waals surface area contributed by atoms with Gasteiger partial charge >= 0.3 is 0 Å². The summed E-state index contributed by atoms with van der Waals surface area (Å²) in [7, 11) is 0. The van der Waals surface area contributed by atoms with Crippen LogP contribution in [0.25, 0.3) is 0 Å². The van der Waals surface area contributed by atoms with E-state index in [1.807, 2.05) is 35.2 Å². The highest BCUT2D eigenvalue weighted by atomic mass is 16.1. The van der Waals surface area contributed by atoms with Gasteiger partial charge in [-0.2, -0.15) is 4.57 Å². The topological polar surface area (TPSA) is 33.0 Å². The molecule has 0 bridgehead atoms. The molecule has 1 N–H and O–H groups in total. The summed E-state index contributed by atoms with van der Waals surface area (Å²) in [5, 5.41) is 3.03. The number of rotatable bonds is 23. The average Bonchev–Trinajstić information content (AvgIpc) is 2.80. The molecule has 0 radical (unpaired) electrons. The first-order valence-corrected chi connectivity index (χ1v) is 14.0. The van der Waals surface area contributed by atoms with E-state index in [9.17, 15) is 4.79 Å². The van der Waals surface area contributed by atoms with Gasteiger partial charge in [-0.15, -0.1) is 0 Å². The average molecular weight is 446 g/mol. The van der Waals surface area contributed by atoms with E-state index in [0.29, 0.717) is 6.54 Å². The van der Waals surface area contributed by atoms with Gasteiger partial charge in [0.25, 0.3) is 5.91 Å². The summed E-state index contributed by atoms with van der Waals surface area (Å²) in [4.78, 5) is 11.9. The zero-order valence-electron chi connectivity index (χ0n) is 21.3. The van der Waals surface area contributed by atoms with Crippen LogP contribution in [0.1, 0.15) is 135 Å². The predicted octanol–water partition coefficient (Wildman–Crippen LogP) is 7.91. The highest BCUT2D eigenvalue weighted by molar-refractivity contribution is 5.74. The number of hydrogen-bond donors (Lipinski definition) is 1. The van der Waals surface area contributed by atoms with Crippen molar-refractivity contribution in [1.29, 1.82) is 0 Å². The van der Waals surface area contributed by atoms with Crippen LogP contribution in [0, 0.1) is 0 Å². The molecule has 0 saturated heterocycles. The zero-order valence-corrected chi connectivity index (χ0v) is 21.3. The largest absolute Gasteiger partial charge is 0.351 e. The van der Waals surface area contributed by atoms with Gasteiger partial charge in [-0.3, -0.25) is 4.79 Å². The van der Waals surface area contributed by atoms with Crippen molar-refractivity contribution in [1.82, 2.24) is 5.32 Å². The third kappa shape index (κ3) is 19.3. The van der Waals surface area contributed by atoms with E-state index < -0.39 is 0 Å². The van der Waals surface area contributed by atoms with Crippen LogP contribution in [0.5, 0.6) is 0 Å². The maximum Gasteiger partial charge on any atom is 0.285 e. The van der Waals surface area contributed by atoms with Gasteiger partial charge in [0.2, 0.25) is 6.54 Å². The van der Waals surface area contributed by atoms with E-state index >= 15 is 0 Å². The molecule has 0 aliphatic heterocycles. The van der Waals surface area contributed by atoms with E-state index in [4.69, 9.17) is 0 Å². The van der Waals surface area contributed by atoms with Crippen molar-refractivity contribution in [2.75, 3.05) is 6.54 Å². The summed E-state index contributed by atoms with van der Waals surface area (Å²) < 4.78 is 1.91. The maximum atomic E-state index is 11.9. The van der Waals surface area contributed by atoms with Crippen molar-refractivity contribution in [3.05, 3.63) is 30.6 Å². The fraction of sp³-hybridized carbons (Fsp3) is 0.793. The lowest BCUT2D eigenvalue weighted by Gasteiger charge is -2.05. The molecule has 3 heteroatoms. The van der Waals surface area contributed by atoms with Crippen molar-refractivity contribution in [2.24, 2.45) is 0 Å². The first kappa shape index (κ1) is 28.7. The maximum absolute atomic E-state index is 11.9. The van der Waals surface area contributed by atoms with Gasteiger partial charge in [0.1, 0.15) is 0 Å². The number of aromatic nitrogens is 1. The van der Waals surface area contributed by atoms with E-state index in [1.165, 1.54) is 122 Å². The van der Waals surface area contributed by atoms with Crippen molar-refractivity contribution in [3.63, 3.8) is 0 Å². The molecule has 1 heterocycles. The van der Waals surface area contributed by atoms with Gasteiger partial charge in [0.05, 0.1) is 0 Å². The van der Waals surface area contributed by atoms with Gasteiger partial charge < -0.3 is 5.32 Å². The molecule has 1 aromatic heterocycles. The molecule has 0 atom stereocenters. The van der Waals surface area contributed by atoms with E-state index in [1.54, 1.807) is 0 Å². The highest BCUT2D eigenvalue weighted by Crippen LogP contribution is 2.14. The number of unbranched alkanes of at least 4 members (excludes halogenated alkanes) is 19. The second kappa shape index (κ2) is 22.8. The van der Waals surface area contributed by atoms with Gasteiger partial charge in [0, 0.05) is 18.7 Å². The lowest BCUT2D eigenvalue weighted by Crippen LogP contribution is -2.42. The molecule has 0 spiro atoms. The van der Waals surface area contributed by atoms with Crippen LogP contribution < -0.4 is 9.88 Å². The fourth-order valence-corrected chi connectivity index (χ4v) is 4.37. The van der Waals surface area contributed by atoms with E-state index in [0.717, 1.165) is 13.0 Å². The Labute approximate surface area is 199 Å². The molecule has 0 aliphatic rings. The minimum absolute atomic E-state index is 0.110. The number of nitrogens with one attached hydrogen (secondary N) is 1. The van der Waals surface area contributed by atoms with Crippen LogP contribution in [0.4, 0.5) is 0 Å². The van der Waals surface area contributed by atoms with Gasteiger partial charge in [-0.25, -0.2) is 0 Å². The molecular weight excluding hydrogens is 392 g/mol. The Morgan fingerprint density at radius 3 is 1.34 bits per heavy atom. The number of pyridine rings is 1. The molecule has 0 fully saturated rings. The van der Waals surface area contributed by atoms with Gasteiger partial charge in [-0.05, 0) is 6.42 Å². The minimum Gasteiger partial charge on any atom is -0.351 e. The third-order valence-electron chi connectivity index (χ3n) is 6.46. The van der Waals surface area contributed by atoms with Crippen LogP contribution in [-0.2, 0) is 11.3 Å². The van der Waals surface area contributed by atoms with Gasteiger partial charge in [0.15, 0.2) is 12.4 Å². The number of carbonyl (C=O) groups excluding carboxylic acids is 1. The molecule has 1 aromatic rings. The normalized spacial score (nSPS) is 11.0. The molecule has 1 amide bonds. The Kier molecular flexibility index (Phi) is 20.4. The SMILES string of the molecule is CCCCCCCCCCCCCCCCCCCCCCNC(=O)C[n+]1ccccc1. The molecule has 0 saturated carbocycles. The van der Waals surface area contributed by atoms with Crippen LogP contribution >= 0.6 is 0 Å². The Bertz CT molecular complexity index is 517. The Balaban J connectivity index is 1.70. The minimum atomic E-state index is 0.110. The molecule has 184 valence electrons. The molecule has 0 unspecified atom stereocenters. The number of hydrogen-bond acceptors (Lipinski definition) is 1. The Morgan fingerprint density at radius 1 is 0.562 bits per heavy atom. The van der Waals surface area contributed by atoms with Crippen molar-refractivity contribution < 1.29 is 9.36 Å². The van der Waals surface area contributed by atoms with Crippen LogP contribution in [-0.4, -0.2) is 12.5 Å². The number of carbonyl (C=O) groups is 1. The van der Waals surface area contributed by atoms with Crippen molar-refractivity contribution >= 4 is 5.91 Å². The van der Waals surface area contributed by atoms with E-state index in [2.05, 4.69) is 12.2 Å². The third-order valence-corrected chi connectivity index (χ3v) is 6.46. The highest BCUT2D eigenvalue weighted by Gasteiger charge is 2.06. The summed E-state index contributed by atoms with van der Waals surface area (Å²) in [6.07, 6.45) is 31.8. The lowest BCUT2D eigenvalue weighted by atomic mass is 10.0. The first-order valence-electron chi connectivity index (χ1n) is 14.0. The first-order chi connectivity index (χ1) is 15.8. The molecule has 0 aromatic carbocycles. The quantitative estimate of drug-likeness (QED) is 0.135. The molecular formula is C29H53N2O+. The number of nitrogens with zero attached hydrogens (tertiary/aromatic N) is 1. The molecule has 0 aliphatic carbocycles. The van der Waals surface area contributed by atoms with Crippen LogP contribution in [0.3, 0.4) is 0 Å². The molecule has 32 heavy (non-hydrogen) atoms. The summed E-state index contributed by atoms with van der Waals surface area (Å²) in [6, 6.07) is 5.87. The smallest absolute Gasteiger partial charge is 0.285 e. The fourth-order valence-electron chi connectivity index (χ4n) is 4.37. The second-order valence-corrected chi connectivity index (χ2v) is 9.62. The summed E-state index contributed by atoms with van der Waals surface area (Å²) in [5.41, 5.74) is 0. The Morgan fingerprint density at radius 2 is 0.938 bits per heavy atom. The van der Waals surface area contributed by atoms with Crippen LogP contribution in [0.2, 0.25) is 0 Å². The summed E-state index contributed by atoms with van der Waals surface area (Å²) in [5.74, 6) is 0.110. The summed E-state index contributed by atoms with van der Waals surface area (Å²) in [6.45, 7) is 3.52. The Hall–Kier alpha value is -1.38. The second-order valence-electron chi connectivity index (χ2n) is 9.62. The van der Waals surface area contributed by atoms with Crippen molar-refractivity contribution in [3.8, 4) is 0 Å². The molecule has 3 nitrogen and oxygen atoms in total.